The quantitative estimate of drug-likeness (QED) is 0.437. The third kappa shape index (κ3) is 6.33. The summed E-state index contributed by atoms with van der Waals surface area (Å²) in [6.45, 7) is -2.00. The molecule has 0 aliphatic carbocycles. The summed E-state index contributed by atoms with van der Waals surface area (Å²) in [4.78, 5) is 25.7. The summed E-state index contributed by atoms with van der Waals surface area (Å²) in [6, 6.07) is 3.79. The molecule has 2 rings (SSSR count). The van der Waals surface area contributed by atoms with Gasteiger partial charge in [0.05, 0.1) is 44.3 Å². The van der Waals surface area contributed by atoms with Gasteiger partial charge in [0, 0.05) is 17.5 Å². The Bertz CT molecular complexity index is 893. The van der Waals surface area contributed by atoms with Gasteiger partial charge in [-0.15, -0.1) is 0 Å². The molecule has 1 N–H and O–H groups in total. The molecule has 12 heteroatoms. The minimum Gasteiger partial charge on any atom is -0.354 e. The molecule has 1 aromatic heterocycles. The summed E-state index contributed by atoms with van der Waals surface area (Å²) >= 11 is 0.951. The van der Waals surface area contributed by atoms with Crippen molar-refractivity contribution in [3.8, 4) is 12.1 Å². The Labute approximate surface area is 165 Å². The second-order valence-electron chi connectivity index (χ2n) is 5.99. The van der Waals surface area contributed by atoms with Crippen molar-refractivity contribution in [3.05, 3.63) is 32.6 Å². The summed E-state index contributed by atoms with van der Waals surface area (Å²) in [5.74, 6) is 0.296. The van der Waals surface area contributed by atoms with Crippen LogP contribution in [0.2, 0.25) is 0 Å². The van der Waals surface area contributed by atoms with Crippen molar-refractivity contribution in [2.24, 2.45) is 0 Å². The molecular weight excluding hydrogens is 407 g/mol. The molecule has 1 fully saturated rings. The van der Waals surface area contributed by atoms with Gasteiger partial charge in [-0.2, -0.15) is 10.5 Å². The minimum absolute atomic E-state index is 0.0342. The third-order valence-corrected chi connectivity index (χ3v) is 7.75. The summed E-state index contributed by atoms with van der Waals surface area (Å²) in [7, 11) is 0. The highest BCUT2D eigenvalue weighted by Crippen LogP contribution is 2.61. The van der Waals surface area contributed by atoms with Crippen LogP contribution < -0.4 is 11.2 Å². The molecule has 0 amide bonds. The van der Waals surface area contributed by atoms with Gasteiger partial charge in [0.2, 0.25) is 0 Å². The molecule has 2 heterocycles. The molecular formula is C16H21N4O6PS. The summed E-state index contributed by atoms with van der Waals surface area (Å²) in [5, 5.41) is 17.2. The average molecular weight is 428 g/mol. The van der Waals surface area contributed by atoms with Crippen molar-refractivity contribution in [1.29, 1.82) is 10.5 Å². The van der Waals surface area contributed by atoms with Gasteiger partial charge in [-0.25, -0.2) is 9.36 Å². The number of hydrogen-bond acceptors (Lipinski definition) is 9. The molecule has 1 aliphatic rings. The summed E-state index contributed by atoms with van der Waals surface area (Å²) in [5.41, 5.74) is -0.571. The van der Waals surface area contributed by atoms with Crippen molar-refractivity contribution in [2.75, 3.05) is 19.0 Å². The van der Waals surface area contributed by atoms with E-state index < -0.39 is 24.3 Å². The van der Waals surface area contributed by atoms with Crippen molar-refractivity contribution < 1.29 is 18.3 Å². The predicted octanol–water partition coefficient (Wildman–Crippen LogP) is 2.22. The second-order valence-corrected chi connectivity index (χ2v) is 10.1. The van der Waals surface area contributed by atoms with E-state index in [9.17, 15) is 14.2 Å². The molecule has 0 spiro atoms. The molecule has 10 nitrogen and oxygen atoms in total. The van der Waals surface area contributed by atoms with Gasteiger partial charge in [-0.3, -0.25) is 23.4 Å². The van der Waals surface area contributed by atoms with Crippen LogP contribution in [0.4, 0.5) is 0 Å². The first kappa shape index (κ1) is 22.4. The highest BCUT2D eigenvalue weighted by molar-refractivity contribution is 8.55. The zero-order chi connectivity index (χ0) is 20.6. The number of aromatic nitrogens is 2. The van der Waals surface area contributed by atoms with Gasteiger partial charge in [0.25, 0.3) is 5.56 Å². The number of aryl methyl sites for hydroxylation is 1. The number of ether oxygens (including phenoxy) is 1. The normalized spacial score (nSPS) is 19.2. The summed E-state index contributed by atoms with van der Waals surface area (Å²) in [6.07, 6.45) is 1.98. The van der Waals surface area contributed by atoms with E-state index in [2.05, 4.69) is 4.98 Å². The standard InChI is InChI=1S/C16H21N4O6PS/c1-12-10-20(16(22)19-15(12)21)14-5-4-13(26-14)11-28-27(23,24-8-2-6-17)25-9-3-7-18/h10,13-14H,2-5,8-9,11H2,1H3,(H,19,21,22). The Morgan fingerprint density at radius 3 is 2.54 bits per heavy atom. The molecule has 2 atom stereocenters. The maximum absolute atomic E-state index is 12.8. The first-order chi connectivity index (χ1) is 13.4. The zero-order valence-electron chi connectivity index (χ0n) is 15.3. The largest absolute Gasteiger partial charge is 0.389 e. The minimum atomic E-state index is -3.53. The predicted molar refractivity (Wildman–Crippen MR) is 102 cm³/mol. The maximum atomic E-state index is 12.8. The fourth-order valence-corrected chi connectivity index (χ4v) is 5.89. The Morgan fingerprint density at radius 2 is 1.93 bits per heavy atom. The van der Waals surface area contributed by atoms with Crippen LogP contribution in [0.1, 0.15) is 37.5 Å². The number of hydrogen-bond donors (Lipinski definition) is 1. The first-order valence-electron chi connectivity index (χ1n) is 8.63. The molecule has 2 unspecified atom stereocenters. The van der Waals surface area contributed by atoms with E-state index in [1.54, 1.807) is 6.92 Å². The molecule has 28 heavy (non-hydrogen) atoms. The monoisotopic (exact) mass is 428 g/mol. The first-order valence-corrected chi connectivity index (χ1v) is 11.8. The number of nitrogens with zero attached hydrogens (tertiary/aromatic N) is 3. The number of nitrogens with one attached hydrogen (secondary N) is 1. The summed E-state index contributed by atoms with van der Waals surface area (Å²) < 4.78 is 30.5. The third-order valence-electron chi connectivity index (χ3n) is 3.89. The van der Waals surface area contributed by atoms with Crippen LogP contribution in [0, 0.1) is 29.6 Å². The van der Waals surface area contributed by atoms with Crippen LogP contribution in [0.5, 0.6) is 0 Å². The highest BCUT2D eigenvalue weighted by Gasteiger charge is 2.32. The van der Waals surface area contributed by atoms with Crippen LogP contribution in [-0.2, 0) is 18.3 Å². The molecule has 0 radical (unpaired) electrons. The van der Waals surface area contributed by atoms with Crippen LogP contribution in [0.25, 0.3) is 0 Å². The van der Waals surface area contributed by atoms with Gasteiger partial charge in [-0.1, -0.05) is 0 Å². The average Bonchev–Trinajstić information content (AvgIpc) is 3.12. The van der Waals surface area contributed by atoms with E-state index in [4.69, 9.17) is 24.3 Å². The number of rotatable bonds is 10. The maximum Gasteiger partial charge on any atom is 0.389 e. The fraction of sp³-hybridized carbons (Fsp3) is 0.625. The van der Waals surface area contributed by atoms with Crippen LogP contribution in [0.15, 0.2) is 15.8 Å². The molecule has 1 saturated heterocycles. The lowest BCUT2D eigenvalue weighted by molar-refractivity contribution is 0.00993. The number of aromatic amines is 1. The van der Waals surface area contributed by atoms with Gasteiger partial charge < -0.3 is 4.74 Å². The topological polar surface area (TPSA) is 147 Å². The van der Waals surface area contributed by atoms with Crippen LogP contribution in [0.3, 0.4) is 0 Å². The lowest BCUT2D eigenvalue weighted by atomic mass is 10.2. The van der Waals surface area contributed by atoms with Gasteiger partial charge in [0.1, 0.15) is 6.23 Å². The lowest BCUT2D eigenvalue weighted by Crippen LogP contribution is -2.33. The smallest absolute Gasteiger partial charge is 0.354 e. The van der Waals surface area contributed by atoms with Crippen molar-refractivity contribution >= 4 is 18.2 Å². The highest BCUT2D eigenvalue weighted by atomic mass is 32.7. The molecule has 1 aliphatic heterocycles. The number of nitriles is 2. The Hall–Kier alpha value is -1.88. The van der Waals surface area contributed by atoms with Crippen LogP contribution >= 0.6 is 18.2 Å². The van der Waals surface area contributed by atoms with E-state index in [0.717, 1.165) is 11.4 Å². The van der Waals surface area contributed by atoms with E-state index >= 15 is 0 Å². The van der Waals surface area contributed by atoms with E-state index in [1.807, 2.05) is 12.1 Å². The van der Waals surface area contributed by atoms with Gasteiger partial charge >= 0.3 is 12.5 Å². The molecule has 0 bridgehead atoms. The van der Waals surface area contributed by atoms with Gasteiger partial charge in [0.15, 0.2) is 0 Å². The molecule has 0 aromatic carbocycles. The Morgan fingerprint density at radius 1 is 1.29 bits per heavy atom. The number of H-pyrrole nitrogens is 1. The van der Waals surface area contributed by atoms with E-state index in [0.29, 0.717) is 24.2 Å². The zero-order valence-corrected chi connectivity index (χ0v) is 17.0. The van der Waals surface area contributed by atoms with E-state index in [-0.39, 0.29) is 32.2 Å². The Balaban J connectivity index is 1.95. The molecule has 152 valence electrons. The second kappa shape index (κ2) is 10.6. The van der Waals surface area contributed by atoms with Crippen molar-refractivity contribution in [2.45, 2.75) is 44.9 Å². The van der Waals surface area contributed by atoms with Crippen molar-refractivity contribution in [1.82, 2.24) is 9.55 Å². The SMILES string of the molecule is Cc1cn(C2CCC(CSP(=O)(OCCC#N)OCCC#N)O2)c(=O)[nH]c1=O. The van der Waals surface area contributed by atoms with Crippen molar-refractivity contribution in [3.63, 3.8) is 0 Å². The lowest BCUT2D eigenvalue weighted by Gasteiger charge is -2.19. The van der Waals surface area contributed by atoms with Gasteiger partial charge in [-0.05, 0) is 31.1 Å². The fourth-order valence-electron chi connectivity index (χ4n) is 2.51. The molecule has 1 aromatic rings. The molecule has 0 saturated carbocycles. The van der Waals surface area contributed by atoms with Crippen LogP contribution in [-0.4, -0.2) is 34.6 Å². The van der Waals surface area contributed by atoms with E-state index in [1.165, 1.54) is 10.8 Å². The Kier molecular flexibility index (Phi) is 8.49.